The van der Waals surface area contributed by atoms with Crippen LogP contribution in [0, 0.1) is 10.8 Å². The Kier molecular flexibility index (Phi) is 9.45. The number of unbranched alkanes of at least 4 members (excludes halogenated alkanes) is 4. The fourth-order valence-electron chi connectivity index (χ4n) is 8.77. The zero-order valence-corrected chi connectivity index (χ0v) is 30.4. The van der Waals surface area contributed by atoms with E-state index in [1.807, 2.05) is 12.1 Å². The lowest BCUT2D eigenvalue weighted by molar-refractivity contribution is -0.0435. The van der Waals surface area contributed by atoms with Crippen LogP contribution in [0.1, 0.15) is 155 Å². The molecule has 0 amide bonds. The monoisotopic (exact) mass is 628 g/mol. The first kappa shape index (κ1) is 34.5. The maximum Gasteiger partial charge on any atom is 0.127 e. The molecule has 0 spiro atoms. The van der Waals surface area contributed by atoms with Gasteiger partial charge in [0.25, 0.3) is 0 Å². The third-order valence-corrected chi connectivity index (χ3v) is 12.2. The van der Waals surface area contributed by atoms with Crippen LogP contribution in [0.25, 0.3) is 0 Å². The van der Waals surface area contributed by atoms with E-state index < -0.39 is 0 Å². The number of aromatic hydroxyl groups is 2. The van der Waals surface area contributed by atoms with Gasteiger partial charge in [0.05, 0.1) is 0 Å². The largest absolute Gasteiger partial charge is 0.507 e. The van der Waals surface area contributed by atoms with Crippen LogP contribution < -0.4 is 9.47 Å². The molecule has 2 aliphatic heterocycles. The van der Waals surface area contributed by atoms with Gasteiger partial charge in [0.15, 0.2) is 0 Å². The molecular weight excluding hydrogens is 568 g/mol. The molecule has 4 atom stereocenters. The minimum Gasteiger partial charge on any atom is -0.507 e. The van der Waals surface area contributed by atoms with Crippen LogP contribution in [0.15, 0.2) is 47.6 Å². The predicted molar refractivity (Wildman–Crippen MR) is 191 cm³/mol. The highest BCUT2D eigenvalue weighted by atomic mass is 16.5. The van der Waals surface area contributed by atoms with Crippen LogP contribution in [0.2, 0.25) is 0 Å². The van der Waals surface area contributed by atoms with Gasteiger partial charge in [0, 0.05) is 33.8 Å². The van der Waals surface area contributed by atoms with E-state index in [0.29, 0.717) is 11.5 Å². The number of allylic oxidation sites excluding steroid dienone is 4. The molecule has 0 saturated carbocycles. The number of fused-ring (bicyclic) bond motifs is 6. The molecule has 2 unspecified atom stereocenters. The van der Waals surface area contributed by atoms with E-state index in [9.17, 15) is 10.2 Å². The van der Waals surface area contributed by atoms with Crippen molar-refractivity contribution < 1.29 is 19.7 Å². The molecule has 2 aromatic carbocycles. The highest BCUT2D eigenvalue weighted by Crippen LogP contribution is 2.63. The average Bonchev–Trinajstić information content (AvgIpc) is 3.44. The van der Waals surface area contributed by atoms with Crippen LogP contribution in [-0.2, 0) is 12.8 Å². The predicted octanol–water partition coefficient (Wildman–Crippen LogP) is 11.5. The highest BCUT2D eigenvalue weighted by Gasteiger charge is 2.57. The topological polar surface area (TPSA) is 58.9 Å². The van der Waals surface area contributed by atoms with Gasteiger partial charge < -0.3 is 19.7 Å². The summed E-state index contributed by atoms with van der Waals surface area (Å²) in [6.07, 6.45) is 16.0. The van der Waals surface area contributed by atoms with Crippen molar-refractivity contribution >= 4 is 0 Å². The SMILES string of the molecule is CCCCCc1cc(O)c2c(c1)OC(C)(C)[C@@]1(C)CC(C)=CC21.CCCCCc1cc(O)c2c(c1)OC(C)(C)[C@]1(C)CC(C)=CC21. The van der Waals surface area contributed by atoms with Gasteiger partial charge in [-0.3, -0.25) is 0 Å². The average molecular weight is 629 g/mol. The van der Waals surface area contributed by atoms with E-state index in [0.717, 1.165) is 61.2 Å². The number of phenols is 2. The van der Waals surface area contributed by atoms with Crippen molar-refractivity contribution in [2.45, 2.75) is 156 Å². The zero-order chi connectivity index (χ0) is 33.7. The summed E-state index contributed by atoms with van der Waals surface area (Å²) in [6, 6.07) is 8.23. The molecule has 6 rings (SSSR count). The van der Waals surface area contributed by atoms with Crippen molar-refractivity contribution in [3.63, 3.8) is 0 Å². The highest BCUT2D eigenvalue weighted by molar-refractivity contribution is 5.57. The molecule has 4 aliphatic rings. The lowest BCUT2D eigenvalue weighted by Crippen LogP contribution is -2.51. The van der Waals surface area contributed by atoms with E-state index >= 15 is 0 Å². The first-order chi connectivity index (χ1) is 21.6. The molecule has 46 heavy (non-hydrogen) atoms. The van der Waals surface area contributed by atoms with E-state index in [1.54, 1.807) is 0 Å². The van der Waals surface area contributed by atoms with Crippen LogP contribution >= 0.6 is 0 Å². The van der Waals surface area contributed by atoms with Crippen molar-refractivity contribution in [3.05, 3.63) is 69.8 Å². The summed E-state index contributed by atoms with van der Waals surface area (Å²) in [4.78, 5) is 0. The molecule has 2 N–H and O–H groups in total. The molecule has 4 heteroatoms. The van der Waals surface area contributed by atoms with Gasteiger partial charge in [-0.15, -0.1) is 0 Å². The minimum atomic E-state index is -0.243. The Bertz CT molecular complexity index is 1400. The van der Waals surface area contributed by atoms with E-state index in [1.165, 1.54) is 48.0 Å². The first-order valence-electron chi connectivity index (χ1n) is 18.0. The summed E-state index contributed by atoms with van der Waals surface area (Å²) in [5.74, 6) is 3.07. The van der Waals surface area contributed by atoms with Crippen molar-refractivity contribution in [2.24, 2.45) is 10.8 Å². The summed E-state index contributed by atoms with van der Waals surface area (Å²) in [7, 11) is 0. The summed E-state index contributed by atoms with van der Waals surface area (Å²) >= 11 is 0. The summed E-state index contributed by atoms with van der Waals surface area (Å²) in [5.41, 5.74) is 6.67. The van der Waals surface area contributed by atoms with Crippen LogP contribution in [0.3, 0.4) is 0 Å². The molecule has 2 aromatic rings. The Morgan fingerprint density at radius 3 is 1.33 bits per heavy atom. The second kappa shape index (κ2) is 12.6. The molecule has 0 bridgehead atoms. The number of phenolic OH excluding ortho intramolecular Hbond substituents is 2. The van der Waals surface area contributed by atoms with Gasteiger partial charge in [-0.05, 0) is 115 Å². The lowest BCUT2D eigenvalue weighted by Gasteiger charge is -2.50. The molecular formula is C42H60O4. The molecule has 2 heterocycles. The molecule has 0 aromatic heterocycles. The normalized spacial score (nSPS) is 27.9. The fourth-order valence-corrected chi connectivity index (χ4v) is 8.77. The number of benzene rings is 2. The van der Waals surface area contributed by atoms with Crippen molar-refractivity contribution in [1.82, 2.24) is 0 Å². The number of hydrogen-bond donors (Lipinski definition) is 2. The molecule has 0 fully saturated rings. The zero-order valence-electron chi connectivity index (χ0n) is 30.4. The van der Waals surface area contributed by atoms with Crippen LogP contribution in [-0.4, -0.2) is 21.4 Å². The quantitative estimate of drug-likeness (QED) is 0.226. The number of rotatable bonds is 8. The van der Waals surface area contributed by atoms with Gasteiger partial charge in [0.2, 0.25) is 0 Å². The maximum atomic E-state index is 10.7. The third kappa shape index (κ3) is 5.99. The summed E-state index contributed by atoms with van der Waals surface area (Å²) in [6.45, 7) is 22.2. The molecule has 252 valence electrons. The first-order valence-corrected chi connectivity index (χ1v) is 18.0. The van der Waals surface area contributed by atoms with Gasteiger partial charge in [0.1, 0.15) is 34.2 Å². The van der Waals surface area contributed by atoms with E-state index in [4.69, 9.17) is 9.47 Å². The van der Waals surface area contributed by atoms with Crippen molar-refractivity contribution in [1.29, 1.82) is 0 Å². The van der Waals surface area contributed by atoms with E-state index in [2.05, 4.69) is 93.5 Å². The van der Waals surface area contributed by atoms with Gasteiger partial charge in [-0.1, -0.05) is 76.7 Å². The van der Waals surface area contributed by atoms with Gasteiger partial charge in [-0.2, -0.15) is 0 Å². The number of aryl methyl sites for hydroxylation is 2. The number of ether oxygens (including phenoxy) is 2. The molecule has 0 saturated heterocycles. The fraction of sp³-hybridized carbons (Fsp3) is 0.619. The maximum absolute atomic E-state index is 10.7. The third-order valence-electron chi connectivity index (χ3n) is 12.2. The summed E-state index contributed by atoms with van der Waals surface area (Å²) < 4.78 is 12.8. The van der Waals surface area contributed by atoms with Crippen LogP contribution in [0.4, 0.5) is 0 Å². The van der Waals surface area contributed by atoms with Crippen molar-refractivity contribution in [2.75, 3.05) is 0 Å². The molecule has 0 radical (unpaired) electrons. The minimum absolute atomic E-state index is 0.00525. The van der Waals surface area contributed by atoms with Crippen molar-refractivity contribution in [3.8, 4) is 23.0 Å². The van der Waals surface area contributed by atoms with E-state index in [-0.39, 0.29) is 33.9 Å². The summed E-state index contributed by atoms with van der Waals surface area (Å²) in [5, 5.41) is 21.4. The standard InChI is InChI=1S/2C21H30O2/c2*1-6-7-8-9-15-11-17(22)19-16-10-14(2)13-21(16,5)20(3,4)23-18(19)12-15/h2*10-12,16,22H,6-9,13H2,1-5H3/t2*16?,21-/m10/s1. The smallest absolute Gasteiger partial charge is 0.127 e. The second-order valence-corrected chi connectivity index (χ2v) is 16.4. The number of hydrogen-bond acceptors (Lipinski definition) is 4. The second-order valence-electron chi connectivity index (χ2n) is 16.4. The van der Waals surface area contributed by atoms with Crippen LogP contribution in [0.5, 0.6) is 23.0 Å². The Morgan fingerprint density at radius 1 is 0.609 bits per heavy atom. The lowest BCUT2D eigenvalue weighted by atomic mass is 9.63. The Morgan fingerprint density at radius 2 is 0.978 bits per heavy atom. The molecule has 2 aliphatic carbocycles. The Hall–Kier alpha value is -2.88. The molecule has 4 nitrogen and oxygen atoms in total. The van der Waals surface area contributed by atoms with Gasteiger partial charge >= 0.3 is 0 Å². The Balaban J connectivity index is 0.000000181. The van der Waals surface area contributed by atoms with Gasteiger partial charge in [-0.25, -0.2) is 0 Å². The Labute approximate surface area is 279 Å².